The van der Waals surface area contributed by atoms with Gasteiger partial charge in [0.15, 0.2) is 0 Å². The van der Waals surface area contributed by atoms with E-state index in [0.717, 1.165) is 16.7 Å². The highest BCUT2D eigenvalue weighted by Gasteiger charge is 2.13. The Morgan fingerprint density at radius 1 is 1.00 bits per heavy atom. The van der Waals surface area contributed by atoms with Crippen molar-refractivity contribution in [2.45, 2.75) is 20.4 Å². The van der Waals surface area contributed by atoms with Crippen molar-refractivity contribution in [3.8, 4) is 11.1 Å². The Bertz CT molecular complexity index is 973. The van der Waals surface area contributed by atoms with E-state index in [1.165, 1.54) is 5.01 Å². The number of hydrogen-bond donors (Lipinski definition) is 4. The summed E-state index contributed by atoms with van der Waals surface area (Å²) in [5.74, 6) is 5.55. The van der Waals surface area contributed by atoms with E-state index in [1.54, 1.807) is 23.8 Å². The summed E-state index contributed by atoms with van der Waals surface area (Å²) in [4.78, 5) is 12.0. The van der Waals surface area contributed by atoms with Gasteiger partial charge in [-0.05, 0) is 34.4 Å². The van der Waals surface area contributed by atoms with Gasteiger partial charge in [0.25, 0.3) is 5.91 Å². The smallest absolute Gasteiger partial charge is 0.275 e. The highest BCUT2D eigenvalue weighted by molar-refractivity contribution is 6.00. The van der Waals surface area contributed by atoms with Crippen LogP contribution in [0.5, 0.6) is 0 Å². The van der Waals surface area contributed by atoms with Crippen molar-refractivity contribution in [2.75, 3.05) is 0 Å². The fraction of sp³-hybridized carbons (Fsp3) is 0.125. The van der Waals surface area contributed by atoms with E-state index in [2.05, 4.69) is 0 Å². The van der Waals surface area contributed by atoms with Crippen LogP contribution in [0.2, 0.25) is 0 Å². The lowest BCUT2D eigenvalue weighted by molar-refractivity contribution is 0.0707. The molecule has 1 amide bonds. The lowest BCUT2D eigenvalue weighted by Gasteiger charge is -2.17. The number of carbonyl (C=O) groups excluding carboxylic acids is 1. The average Bonchev–Trinajstić information content (AvgIpc) is 2.81. The van der Waals surface area contributed by atoms with Crippen LogP contribution < -0.4 is 17.1 Å². The van der Waals surface area contributed by atoms with E-state index < -0.39 is 5.91 Å². The molecule has 0 atom stereocenters. The zero-order chi connectivity index (χ0) is 21.9. The van der Waals surface area contributed by atoms with Crippen LogP contribution in [0.1, 0.15) is 35.3 Å². The summed E-state index contributed by atoms with van der Waals surface area (Å²) in [6.07, 6.45) is 1.67. The fourth-order valence-corrected chi connectivity index (χ4v) is 2.94. The topological polar surface area (TPSA) is 105 Å². The molecule has 3 aromatic rings. The first-order valence-corrected chi connectivity index (χ1v) is 9.75. The zero-order valence-corrected chi connectivity index (χ0v) is 17.2. The van der Waals surface area contributed by atoms with Crippen LogP contribution in [0.4, 0.5) is 0 Å². The molecule has 0 unspecified atom stereocenters. The fourth-order valence-electron chi connectivity index (χ4n) is 2.94. The summed E-state index contributed by atoms with van der Waals surface area (Å²) in [5, 5.41) is 10.5. The first-order chi connectivity index (χ1) is 14.6. The Kier molecular flexibility index (Phi) is 8.62. The lowest BCUT2D eigenvalue weighted by atomic mass is 9.96. The summed E-state index contributed by atoms with van der Waals surface area (Å²) >= 11 is 0. The highest BCUT2D eigenvalue weighted by atomic mass is 16.5. The third kappa shape index (κ3) is 5.94. The van der Waals surface area contributed by atoms with Gasteiger partial charge in [-0.1, -0.05) is 80.6 Å². The molecule has 6 nitrogen and oxygen atoms in total. The molecule has 0 radical (unpaired) electrons. The van der Waals surface area contributed by atoms with Gasteiger partial charge in [0, 0.05) is 11.8 Å². The predicted octanol–water partition coefficient (Wildman–Crippen LogP) is 4.13. The second kappa shape index (κ2) is 11.4. The predicted molar refractivity (Wildman–Crippen MR) is 121 cm³/mol. The molecule has 0 fully saturated rings. The molecule has 156 valence electrons. The molecule has 0 aliphatic rings. The molecular formula is C24H28N4O2. The van der Waals surface area contributed by atoms with E-state index in [0.29, 0.717) is 23.4 Å². The number of rotatable bonds is 6. The van der Waals surface area contributed by atoms with E-state index in [9.17, 15) is 4.79 Å². The molecular weight excluding hydrogens is 376 g/mol. The lowest BCUT2D eigenvalue weighted by Crippen LogP contribution is -2.26. The van der Waals surface area contributed by atoms with E-state index in [-0.39, 0.29) is 0 Å². The maximum absolute atomic E-state index is 12.0. The molecule has 0 heterocycles. The first kappa shape index (κ1) is 22.7. The first-order valence-electron chi connectivity index (χ1n) is 9.75. The quantitative estimate of drug-likeness (QED) is 0.281. The Labute approximate surface area is 177 Å². The van der Waals surface area contributed by atoms with E-state index in [4.69, 9.17) is 16.8 Å². The van der Waals surface area contributed by atoms with Crippen molar-refractivity contribution < 1.29 is 10.0 Å². The van der Waals surface area contributed by atoms with E-state index in [1.807, 2.05) is 80.6 Å². The van der Waals surface area contributed by atoms with Gasteiger partial charge in [0.1, 0.15) is 0 Å². The number of nitrogens with one attached hydrogen (secondary N) is 1. The van der Waals surface area contributed by atoms with Gasteiger partial charge in [-0.2, -0.15) is 0 Å². The zero-order valence-electron chi connectivity index (χ0n) is 17.2. The van der Waals surface area contributed by atoms with Crippen molar-refractivity contribution in [3.05, 3.63) is 102 Å². The van der Waals surface area contributed by atoms with Gasteiger partial charge in [-0.3, -0.25) is 10.0 Å². The van der Waals surface area contributed by atoms with Crippen LogP contribution in [0.25, 0.3) is 16.8 Å². The molecule has 0 aliphatic carbocycles. The van der Waals surface area contributed by atoms with Crippen LogP contribution in [0, 0.1) is 0 Å². The molecule has 3 rings (SSSR count). The van der Waals surface area contributed by atoms with Gasteiger partial charge in [-0.15, -0.1) is 0 Å². The second-order valence-corrected chi connectivity index (χ2v) is 6.31. The maximum atomic E-state index is 12.0. The number of benzene rings is 3. The number of nitrogens with zero attached hydrogens (tertiary/aromatic N) is 1. The van der Waals surface area contributed by atoms with Crippen LogP contribution in [0.15, 0.2) is 85.1 Å². The largest absolute Gasteiger partial charge is 0.397 e. The van der Waals surface area contributed by atoms with E-state index >= 15 is 0 Å². The third-order valence-corrected chi connectivity index (χ3v) is 4.29. The monoisotopic (exact) mass is 404 g/mol. The molecule has 0 aromatic heterocycles. The average molecular weight is 405 g/mol. The number of hydroxylamine groups is 1. The second-order valence-electron chi connectivity index (χ2n) is 6.31. The van der Waals surface area contributed by atoms with Crippen LogP contribution in [0.3, 0.4) is 0 Å². The summed E-state index contributed by atoms with van der Waals surface area (Å²) in [6.45, 7) is 4.40. The Balaban J connectivity index is 0.00000155. The third-order valence-electron chi connectivity index (χ3n) is 4.29. The van der Waals surface area contributed by atoms with Gasteiger partial charge in [0.05, 0.1) is 12.2 Å². The normalized spacial score (nSPS) is 10.6. The summed E-state index contributed by atoms with van der Waals surface area (Å²) < 4.78 is 0. The molecule has 0 spiro atoms. The van der Waals surface area contributed by atoms with Crippen molar-refractivity contribution >= 4 is 11.6 Å². The van der Waals surface area contributed by atoms with Crippen LogP contribution >= 0.6 is 0 Å². The Morgan fingerprint density at radius 3 is 2.20 bits per heavy atom. The van der Waals surface area contributed by atoms with Gasteiger partial charge < -0.3 is 10.7 Å². The number of hydrogen-bond acceptors (Lipinski definition) is 5. The van der Waals surface area contributed by atoms with Crippen LogP contribution in [-0.4, -0.2) is 16.1 Å². The molecule has 0 saturated carbocycles. The standard InChI is InChI=1S/C22H22N4O2.C2H6/c23-21(18-9-5-2-6-10-18)15-26(24)14-16-11-12-19(22(27)25-28)20(13-16)17-7-3-1-4-8-17;1-2/h1-13,15,28H,14,23-24H2,(H,25,27);1-2H3/b21-15-;. The molecule has 3 aromatic carbocycles. The Hall–Kier alpha value is -3.61. The van der Waals surface area contributed by atoms with Gasteiger partial charge in [-0.25, -0.2) is 11.3 Å². The maximum Gasteiger partial charge on any atom is 0.275 e. The van der Waals surface area contributed by atoms with Crippen molar-refractivity contribution in [2.24, 2.45) is 11.6 Å². The molecule has 0 bridgehead atoms. The number of nitrogens with two attached hydrogens (primary N) is 2. The molecule has 6 N–H and O–H groups in total. The minimum absolute atomic E-state index is 0.375. The number of carbonyl (C=O) groups is 1. The van der Waals surface area contributed by atoms with Crippen molar-refractivity contribution in [1.29, 1.82) is 0 Å². The van der Waals surface area contributed by atoms with Crippen molar-refractivity contribution in [1.82, 2.24) is 10.5 Å². The number of hydrazine groups is 1. The summed E-state index contributed by atoms with van der Waals surface area (Å²) in [7, 11) is 0. The summed E-state index contributed by atoms with van der Waals surface area (Å²) in [5.41, 5.74) is 12.1. The van der Waals surface area contributed by atoms with Gasteiger partial charge >= 0.3 is 0 Å². The molecule has 0 aliphatic heterocycles. The van der Waals surface area contributed by atoms with Crippen LogP contribution in [-0.2, 0) is 6.54 Å². The highest BCUT2D eigenvalue weighted by Crippen LogP contribution is 2.25. The number of amides is 1. The molecule has 30 heavy (non-hydrogen) atoms. The molecule has 0 saturated heterocycles. The van der Waals surface area contributed by atoms with Gasteiger partial charge in [0.2, 0.25) is 0 Å². The summed E-state index contributed by atoms with van der Waals surface area (Å²) in [6, 6.07) is 24.4. The minimum Gasteiger partial charge on any atom is -0.397 e. The SMILES string of the molecule is CC.N/C(=C\N(N)Cc1ccc(C(=O)NO)c(-c2ccccc2)c1)c1ccccc1. The molecule has 6 heteroatoms. The Morgan fingerprint density at radius 2 is 1.60 bits per heavy atom. The van der Waals surface area contributed by atoms with Crippen molar-refractivity contribution in [3.63, 3.8) is 0 Å². The minimum atomic E-state index is -0.566.